The normalized spacial score (nSPS) is 13.2. The van der Waals surface area contributed by atoms with Crippen LogP contribution in [0.4, 0.5) is 0 Å². The van der Waals surface area contributed by atoms with E-state index in [1.807, 2.05) is 11.8 Å². The second-order valence-corrected chi connectivity index (χ2v) is 4.43. The lowest BCUT2D eigenvalue weighted by atomic mass is 10.4. The van der Waals surface area contributed by atoms with Gasteiger partial charge in [0.05, 0.1) is 6.61 Å². The van der Waals surface area contributed by atoms with Crippen LogP contribution in [0.1, 0.15) is 26.7 Å². The van der Waals surface area contributed by atoms with Crippen molar-refractivity contribution < 1.29 is 4.74 Å². The number of unbranched alkanes of at least 4 members (excludes halogenated alkanes) is 1. The van der Waals surface area contributed by atoms with E-state index >= 15 is 0 Å². The fourth-order valence-corrected chi connectivity index (χ4v) is 1.48. The van der Waals surface area contributed by atoms with Crippen molar-refractivity contribution in [3.8, 4) is 0 Å². The molecule has 0 aliphatic carbocycles. The zero-order valence-corrected chi connectivity index (χ0v) is 9.03. The number of ether oxygens (including phenoxy) is 1. The second-order valence-electron chi connectivity index (χ2n) is 2.88. The Morgan fingerprint density at radius 2 is 2.17 bits per heavy atom. The fourth-order valence-electron chi connectivity index (χ4n) is 0.725. The molecule has 2 nitrogen and oxygen atoms in total. The molecule has 0 aliphatic rings. The molecule has 2 N–H and O–H groups in total. The summed E-state index contributed by atoms with van der Waals surface area (Å²) >= 11 is 1.88. The van der Waals surface area contributed by atoms with Crippen molar-refractivity contribution >= 4 is 11.8 Å². The molecule has 0 aliphatic heterocycles. The summed E-state index contributed by atoms with van der Waals surface area (Å²) in [7, 11) is 0. The maximum atomic E-state index is 5.47. The Morgan fingerprint density at radius 3 is 2.75 bits per heavy atom. The van der Waals surface area contributed by atoms with E-state index in [0.717, 1.165) is 25.5 Å². The van der Waals surface area contributed by atoms with E-state index in [4.69, 9.17) is 10.5 Å². The molecule has 0 bridgehead atoms. The highest BCUT2D eigenvalue weighted by molar-refractivity contribution is 7.99. The van der Waals surface area contributed by atoms with Gasteiger partial charge in [-0.05, 0) is 6.42 Å². The SMILES string of the molecule is CCCCOCCSC(C)CN. The van der Waals surface area contributed by atoms with Gasteiger partial charge in [-0.1, -0.05) is 20.3 Å². The van der Waals surface area contributed by atoms with E-state index in [1.165, 1.54) is 12.8 Å². The highest BCUT2D eigenvalue weighted by Crippen LogP contribution is 2.07. The summed E-state index contributed by atoms with van der Waals surface area (Å²) in [6.07, 6.45) is 2.39. The molecular formula is C9H21NOS. The van der Waals surface area contributed by atoms with Gasteiger partial charge in [0.2, 0.25) is 0 Å². The zero-order chi connectivity index (χ0) is 9.23. The minimum atomic E-state index is 0.569. The van der Waals surface area contributed by atoms with Crippen LogP contribution < -0.4 is 5.73 Å². The van der Waals surface area contributed by atoms with Crippen LogP contribution in [0.15, 0.2) is 0 Å². The van der Waals surface area contributed by atoms with Gasteiger partial charge in [-0.3, -0.25) is 0 Å². The molecule has 0 aromatic carbocycles. The van der Waals surface area contributed by atoms with E-state index < -0.39 is 0 Å². The number of nitrogens with two attached hydrogens (primary N) is 1. The van der Waals surface area contributed by atoms with Crippen LogP contribution in [0.3, 0.4) is 0 Å². The van der Waals surface area contributed by atoms with Crippen molar-refractivity contribution in [3.05, 3.63) is 0 Å². The summed E-state index contributed by atoms with van der Waals surface area (Å²) in [5.41, 5.74) is 5.47. The van der Waals surface area contributed by atoms with Crippen LogP contribution in [-0.4, -0.2) is 30.8 Å². The van der Waals surface area contributed by atoms with Gasteiger partial charge in [0.15, 0.2) is 0 Å². The molecule has 0 saturated carbocycles. The quantitative estimate of drug-likeness (QED) is 0.595. The van der Waals surface area contributed by atoms with E-state index in [-0.39, 0.29) is 0 Å². The summed E-state index contributed by atoms with van der Waals surface area (Å²) in [4.78, 5) is 0. The van der Waals surface area contributed by atoms with Gasteiger partial charge in [-0.25, -0.2) is 0 Å². The fraction of sp³-hybridized carbons (Fsp3) is 1.00. The summed E-state index contributed by atoms with van der Waals surface area (Å²) in [5, 5.41) is 0.569. The third kappa shape index (κ3) is 8.37. The molecule has 0 amide bonds. The minimum absolute atomic E-state index is 0.569. The predicted molar refractivity (Wildman–Crippen MR) is 56.7 cm³/mol. The molecule has 12 heavy (non-hydrogen) atoms. The molecule has 0 radical (unpaired) electrons. The molecule has 0 aromatic heterocycles. The molecule has 0 saturated heterocycles. The van der Waals surface area contributed by atoms with E-state index in [2.05, 4.69) is 13.8 Å². The van der Waals surface area contributed by atoms with Gasteiger partial charge < -0.3 is 10.5 Å². The molecule has 0 heterocycles. The Hall–Kier alpha value is 0.270. The molecule has 0 spiro atoms. The van der Waals surface area contributed by atoms with Gasteiger partial charge in [-0.15, -0.1) is 0 Å². The zero-order valence-electron chi connectivity index (χ0n) is 8.21. The standard InChI is InChI=1S/C9H21NOS/c1-3-4-5-11-6-7-12-9(2)8-10/h9H,3-8,10H2,1-2H3. The number of thioether (sulfide) groups is 1. The third-order valence-corrected chi connectivity index (χ3v) is 2.77. The molecular weight excluding hydrogens is 170 g/mol. The van der Waals surface area contributed by atoms with E-state index in [1.54, 1.807) is 0 Å². The van der Waals surface area contributed by atoms with E-state index in [0.29, 0.717) is 5.25 Å². The van der Waals surface area contributed by atoms with Crippen LogP contribution in [-0.2, 0) is 4.74 Å². The maximum Gasteiger partial charge on any atom is 0.0556 e. The van der Waals surface area contributed by atoms with Crippen LogP contribution in [0, 0.1) is 0 Å². The molecule has 1 unspecified atom stereocenters. The van der Waals surface area contributed by atoms with Crippen molar-refractivity contribution in [2.24, 2.45) is 5.73 Å². The van der Waals surface area contributed by atoms with Crippen LogP contribution >= 0.6 is 11.8 Å². The van der Waals surface area contributed by atoms with Crippen LogP contribution in [0.2, 0.25) is 0 Å². The molecule has 3 heteroatoms. The smallest absolute Gasteiger partial charge is 0.0556 e. The van der Waals surface area contributed by atoms with Gasteiger partial charge in [0, 0.05) is 24.2 Å². The van der Waals surface area contributed by atoms with Gasteiger partial charge in [0.1, 0.15) is 0 Å². The Morgan fingerprint density at radius 1 is 1.42 bits per heavy atom. The lowest BCUT2D eigenvalue weighted by Crippen LogP contribution is -2.14. The highest BCUT2D eigenvalue weighted by Gasteiger charge is 1.97. The third-order valence-electron chi connectivity index (χ3n) is 1.60. The lowest BCUT2D eigenvalue weighted by Gasteiger charge is -2.07. The van der Waals surface area contributed by atoms with Gasteiger partial charge in [-0.2, -0.15) is 11.8 Å². The first-order chi connectivity index (χ1) is 5.81. The molecule has 0 rings (SSSR count). The average molecular weight is 191 g/mol. The summed E-state index contributed by atoms with van der Waals surface area (Å²) in [6.45, 7) is 6.87. The van der Waals surface area contributed by atoms with Gasteiger partial charge in [0.25, 0.3) is 0 Å². The predicted octanol–water partition coefficient (Wildman–Crippen LogP) is 1.88. The minimum Gasteiger partial charge on any atom is -0.381 e. The van der Waals surface area contributed by atoms with Crippen molar-refractivity contribution in [2.75, 3.05) is 25.5 Å². The molecule has 1 atom stereocenters. The number of hydrogen-bond donors (Lipinski definition) is 1. The summed E-state index contributed by atoms with van der Waals surface area (Å²) in [5.74, 6) is 1.07. The van der Waals surface area contributed by atoms with Crippen molar-refractivity contribution in [1.29, 1.82) is 0 Å². The maximum absolute atomic E-state index is 5.47. The highest BCUT2D eigenvalue weighted by atomic mass is 32.2. The Bertz CT molecular complexity index is 90.6. The van der Waals surface area contributed by atoms with Gasteiger partial charge >= 0.3 is 0 Å². The first-order valence-corrected chi connectivity index (χ1v) is 5.75. The Labute approximate surface area is 80.2 Å². The monoisotopic (exact) mass is 191 g/mol. The van der Waals surface area contributed by atoms with Crippen molar-refractivity contribution in [1.82, 2.24) is 0 Å². The molecule has 74 valence electrons. The second kappa shape index (κ2) is 9.36. The topological polar surface area (TPSA) is 35.2 Å². The Balaban J connectivity index is 2.90. The first-order valence-electron chi connectivity index (χ1n) is 4.70. The van der Waals surface area contributed by atoms with Crippen LogP contribution in [0.25, 0.3) is 0 Å². The van der Waals surface area contributed by atoms with E-state index in [9.17, 15) is 0 Å². The van der Waals surface area contributed by atoms with Crippen molar-refractivity contribution in [3.63, 3.8) is 0 Å². The average Bonchev–Trinajstić information content (AvgIpc) is 2.10. The summed E-state index contributed by atoms with van der Waals surface area (Å²) in [6, 6.07) is 0. The summed E-state index contributed by atoms with van der Waals surface area (Å²) < 4.78 is 5.41. The lowest BCUT2D eigenvalue weighted by molar-refractivity contribution is 0.147. The Kier molecular flexibility index (Phi) is 9.57. The molecule has 0 fully saturated rings. The first kappa shape index (κ1) is 12.3. The molecule has 0 aromatic rings. The van der Waals surface area contributed by atoms with Crippen LogP contribution in [0.5, 0.6) is 0 Å². The largest absolute Gasteiger partial charge is 0.381 e. The number of rotatable bonds is 8. The van der Waals surface area contributed by atoms with Crippen molar-refractivity contribution in [2.45, 2.75) is 31.9 Å². The number of hydrogen-bond acceptors (Lipinski definition) is 3.